The molecular formula is C11H22ClNO2. The highest BCUT2D eigenvalue weighted by atomic mass is 35.5. The van der Waals surface area contributed by atoms with Crippen molar-refractivity contribution in [2.45, 2.75) is 39.2 Å². The number of hydrogen-bond acceptors (Lipinski definition) is 2. The van der Waals surface area contributed by atoms with E-state index in [9.17, 15) is 4.79 Å². The second kappa shape index (κ2) is 8.98. The molecule has 0 saturated heterocycles. The maximum atomic E-state index is 11.7. The minimum atomic E-state index is 0.0410. The summed E-state index contributed by atoms with van der Waals surface area (Å²) in [6.07, 6.45) is 2.70. The van der Waals surface area contributed by atoms with Crippen LogP contribution in [0.4, 0.5) is 0 Å². The molecule has 0 aromatic heterocycles. The summed E-state index contributed by atoms with van der Waals surface area (Å²) in [6, 6.07) is 0.0410. The van der Waals surface area contributed by atoms with Crippen molar-refractivity contribution in [3.63, 3.8) is 0 Å². The first kappa shape index (κ1) is 14.7. The van der Waals surface area contributed by atoms with Crippen LogP contribution < -0.4 is 5.32 Å². The number of carbonyl (C=O) groups excluding carboxylic acids is 1. The Morgan fingerprint density at radius 2 is 2.13 bits per heavy atom. The highest BCUT2D eigenvalue weighted by Gasteiger charge is 2.16. The fourth-order valence-corrected chi connectivity index (χ4v) is 1.70. The van der Waals surface area contributed by atoms with Gasteiger partial charge in [-0.15, -0.1) is 11.6 Å². The van der Waals surface area contributed by atoms with Crippen molar-refractivity contribution in [2.75, 3.05) is 19.6 Å². The van der Waals surface area contributed by atoms with E-state index in [1.54, 1.807) is 7.11 Å². The van der Waals surface area contributed by atoms with Gasteiger partial charge in [-0.3, -0.25) is 4.79 Å². The van der Waals surface area contributed by atoms with Crippen LogP contribution in [0.3, 0.4) is 0 Å². The van der Waals surface area contributed by atoms with Gasteiger partial charge in [-0.2, -0.15) is 0 Å². The Morgan fingerprint density at radius 1 is 1.47 bits per heavy atom. The summed E-state index contributed by atoms with van der Waals surface area (Å²) in [7, 11) is 1.63. The van der Waals surface area contributed by atoms with Crippen LogP contribution in [-0.4, -0.2) is 31.5 Å². The Kier molecular flexibility index (Phi) is 8.82. The maximum absolute atomic E-state index is 11.7. The monoisotopic (exact) mass is 235 g/mol. The SMILES string of the molecule is CCCC(C)C(=O)NC(CCCl)COC. The molecule has 15 heavy (non-hydrogen) atoms. The average molecular weight is 236 g/mol. The standard InChI is InChI=1S/C11H22ClNO2/c1-4-5-9(2)11(14)13-10(6-7-12)8-15-3/h9-10H,4-8H2,1-3H3,(H,13,14). The number of methoxy groups -OCH3 is 1. The molecule has 0 aliphatic rings. The molecule has 1 N–H and O–H groups in total. The van der Waals surface area contributed by atoms with Gasteiger partial charge in [0.05, 0.1) is 12.6 Å². The fraction of sp³-hybridized carbons (Fsp3) is 0.909. The molecule has 0 bridgehead atoms. The second-order valence-corrected chi connectivity index (χ2v) is 4.21. The maximum Gasteiger partial charge on any atom is 0.223 e. The van der Waals surface area contributed by atoms with Crippen molar-refractivity contribution in [1.82, 2.24) is 5.32 Å². The van der Waals surface area contributed by atoms with Crippen molar-refractivity contribution < 1.29 is 9.53 Å². The zero-order valence-corrected chi connectivity index (χ0v) is 10.6. The summed E-state index contributed by atoms with van der Waals surface area (Å²) in [5.41, 5.74) is 0. The molecule has 0 aliphatic carbocycles. The van der Waals surface area contributed by atoms with Crippen LogP contribution in [0, 0.1) is 5.92 Å². The molecule has 1 amide bonds. The summed E-state index contributed by atoms with van der Waals surface area (Å²) in [5, 5.41) is 2.96. The van der Waals surface area contributed by atoms with Gasteiger partial charge in [0.2, 0.25) is 5.91 Å². The summed E-state index contributed by atoms with van der Waals surface area (Å²) < 4.78 is 5.02. The Balaban J connectivity index is 3.97. The van der Waals surface area contributed by atoms with Crippen LogP contribution >= 0.6 is 11.6 Å². The van der Waals surface area contributed by atoms with Gasteiger partial charge in [0, 0.05) is 18.9 Å². The zero-order chi connectivity index (χ0) is 11.7. The van der Waals surface area contributed by atoms with Gasteiger partial charge in [0.15, 0.2) is 0 Å². The number of alkyl halides is 1. The zero-order valence-electron chi connectivity index (χ0n) is 9.88. The van der Waals surface area contributed by atoms with E-state index in [2.05, 4.69) is 12.2 Å². The number of halogens is 1. The highest BCUT2D eigenvalue weighted by molar-refractivity contribution is 6.17. The van der Waals surface area contributed by atoms with Crippen molar-refractivity contribution in [2.24, 2.45) is 5.92 Å². The number of ether oxygens (including phenoxy) is 1. The third-order valence-corrected chi connectivity index (χ3v) is 2.56. The molecule has 0 aromatic carbocycles. The Hall–Kier alpha value is -0.280. The summed E-state index contributed by atoms with van der Waals surface area (Å²) >= 11 is 5.65. The molecule has 2 unspecified atom stereocenters. The van der Waals surface area contributed by atoms with Gasteiger partial charge >= 0.3 is 0 Å². The Bertz CT molecular complexity index is 170. The van der Waals surface area contributed by atoms with Crippen molar-refractivity contribution in [1.29, 1.82) is 0 Å². The van der Waals surface area contributed by atoms with Gasteiger partial charge in [0.1, 0.15) is 0 Å². The average Bonchev–Trinajstić information content (AvgIpc) is 2.18. The van der Waals surface area contributed by atoms with E-state index in [1.807, 2.05) is 6.92 Å². The molecule has 4 heteroatoms. The topological polar surface area (TPSA) is 38.3 Å². The van der Waals surface area contributed by atoms with Crippen molar-refractivity contribution >= 4 is 17.5 Å². The van der Waals surface area contributed by atoms with Gasteiger partial charge < -0.3 is 10.1 Å². The first-order valence-corrected chi connectivity index (χ1v) is 6.04. The van der Waals surface area contributed by atoms with E-state index < -0.39 is 0 Å². The van der Waals surface area contributed by atoms with Crippen LogP contribution in [0.1, 0.15) is 33.1 Å². The smallest absolute Gasteiger partial charge is 0.223 e. The molecule has 0 rings (SSSR count). The molecule has 0 fully saturated rings. The molecule has 0 spiro atoms. The third kappa shape index (κ3) is 6.74. The van der Waals surface area contributed by atoms with Gasteiger partial charge in [0.25, 0.3) is 0 Å². The van der Waals surface area contributed by atoms with E-state index in [0.29, 0.717) is 12.5 Å². The number of carbonyl (C=O) groups is 1. The third-order valence-electron chi connectivity index (χ3n) is 2.34. The van der Waals surface area contributed by atoms with Crippen LogP contribution in [0.5, 0.6) is 0 Å². The van der Waals surface area contributed by atoms with E-state index in [4.69, 9.17) is 16.3 Å². The molecule has 0 aliphatic heterocycles. The Morgan fingerprint density at radius 3 is 2.60 bits per heavy atom. The van der Waals surface area contributed by atoms with Crippen LogP contribution in [0.15, 0.2) is 0 Å². The largest absolute Gasteiger partial charge is 0.383 e. The molecular weight excluding hydrogens is 214 g/mol. The van der Waals surface area contributed by atoms with Crippen LogP contribution in [0.2, 0.25) is 0 Å². The summed E-state index contributed by atoms with van der Waals surface area (Å²) in [6.45, 7) is 4.55. The number of nitrogens with one attached hydrogen (secondary N) is 1. The lowest BCUT2D eigenvalue weighted by Gasteiger charge is -2.19. The molecule has 0 aromatic rings. The first-order chi connectivity index (χ1) is 7.15. The first-order valence-electron chi connectivity index (χ1n) is 5.50. The van der Waals surface area contributed by atoms with Crippen molar-refractivity contribution in [3.05, 3.63) is 0 Å². The lowest BCUT2D eigenvalue weighted by Crippen LogP contribution is -2.41. The quantitative estimate of drug-likeness (QED) is 0.655. The van der Waals surface area contributed by atoms with Gasteiger partial charge in [-0.25, -0.2) is 0 Å². The van der Waals surface area contributed by atoms with E-state index in [1.165, 1.54) is 0 Å². The normalized spacial score (nSPS) is 14.7. The summed E-state index contributed by atoms with van der Waals surface area (Å²) in [4.78, 5) is 11.7. The molecule has 3 nitrogen and oxygen atoms in total. The number of amides is 1. The molecule has 90 valence electrons. The highest BCUT2D eigenvalue weighted by Crippen LogP contribution is 2.06. The molecule has 0 heterocycles. The fourth-order valence-electron chi connectivity index (χ4n) is 1.44. The van der Waals surface area contributed by atoms with E-state index in [0.717, 1.165) is 19.3 Å². The van der Waals surface area contributed by atoms with Gasteiger partial charge in [-0.1, -0.05) is 20.3 Å². The molecule has 0 saturated carbocycles. The second-order valence-electron chi connectivity index (χ2n) is 3.83. The van der Waals surface area contributed by atoms with E-state index in [-0.39, 0.29) is 17.9 Å². The van der Waals surface area contributed by atoms with Crippen molar-refractivity contribution in [3.8, 4) is 0 Å². The number of hydrogen-bond donors (Lipinski definition) is 1. The minimum Gasteiger partial charge on any atom is -0.383 e. The lowest BCUT2D eigenvalue weighted by molar-refractivity contribution is -0.125. The summed E-state index contributed by atoms with van der Waals surface area (Å²) in [5.74, 6) is 0.713. The molecule has 2 atom stereocenters. The predicted molar refractivity (Wildman–Crippen MR) is 63.2 cm³/mol. The van der Waals surface area contributed by atoms with Crippen LogP contribution in [-0.2, 0) is 9.53 Å². The number of rotatable bonds is 8. The van der Waals surface area contributed by atoms with E-state index >= 15 is 0 Å². The molecule has 0 radical (unpaired) electrons. The van der Waals surface area contributed by atoms with Gasteiger partial charge in [-0.05, 0) is 12.8 Å². The van der Waals surface area contributed by atoms with Crippen LogP contribution in [0.25, 0.3) is 0 Å². The Labute approximate surface area is 97.5 Å². The lowest BCUT2D eigenvalue weighted by atomic mass is 10.0. The predicted octanol–water partition coefficient (Wildman–Crippen LogP) is 2.18. The minimum absolute atomic E-state index is 0.0410.